The summed E-state index contributed by atoms with van der Waals surface area (Å²) >= 11 is 0. The van der Waals surface area contributed by atoms with Crippen molar-refractivity contribution < 1.29 is 4.79 Å². The molecule has 1 heterocycles. The topological polar surface area (TPSA) is 108 Å². The highest BCUT2D eigenvalue weighted by atomic mass is 16.2. The lowest BCUT2D eigenvalue weighted by atomic mass is 10.1. The predicted molar refractivity (Wildman–Crippen MR) is 80.8 cm³/mol. The van der Waals surface area contributed by atoms with Crippen LogP contribution in [-0.4, -0.2) is 16.1 Å². The molecular weight excluding hydrogens is 266 g/mol. The van der Waals surface area contributed by atoms with Crippen molar-refractivity contribution in [3.05, 3.63) is 41.2 Å². The second-order valence-electron chi connectivity index (χ2n) is 5.04. The molecule has 0 radical (unpaired) electrons. The maximum atomic E-state index is 12.2. The molecule has 6 nitrogen and oxygen atoms in total. The van der Waals surface area contributed by atoms with Crippen LogP contribution in [0.4, 0.5) is 11.4 Å². The first-order valence-corrected chi connectivity index (χ1v) is 6.64. The Balaban J connectivity index is 2.13. The third-order valence-electron chi connectivity index (χ3n) is 3.12. The number of nitrogens with one attached hydrogen (secondary N) is 2. The molecule has 2 rings (SSSR count). The Labute approximate surface area is 123 Å². The minimum atomic E-state index is -0.358. The minimum Gasteiger partial charge on any atom is -0.395 e. The summed E-state index contributed by atoms with van der Waals surface area (Å²) < 4.78 is 0. The molecule has 0 saturated carbocycles. The van der Waals surface area contributed by atoms with Gasteiger partial charge in [0, 0.05) is 5.69 Å². The number of carbonyl (C=O) groups excluding carboxylic acids is 1. The third kappa shape index (κ3) is 3.20. The molecule has 0 aliphatic carbocycles. The van der Waals surface area contributed by atoms with Crippen LogP contribution in [0.3, 0.4) is 0 Å². The molecule has 0 spiro atoms. The number of rotatable bonds is 4. The number of H-pyrrole nitrogens is 1. The molecule has 0 aliphatic rings. The standard InChI is InChI=1S/C15H17N5O/c1-9(2)13-12(17)14(20-19-13)15(21)18-11-5-3-10(4-6-11)7-8-16/h3-6,9H,7,17H2,1-2H3,(H,18,21)(H,19,20). The number of aromatic nitrogens is 2. The summed E-state index contributed by atoms with van der Waals surface area (Å²) in [5, 5.41) is 18.1. The van der Waals surface area contributed by atoms with E-state index >= 15 is 0 Å². The average Bonchev–Trinajstić information content (AvgIpc) is 2.83. The van der Waals surface area contributed by atoms with Gasteiger partial charge >= 0.3 is 0 Å². The van der Waals surface area contributed by atoms with Crippen molar-refractivity contribution in [2.75, 3.05) is 11.1 Å². The number of hydrogen-bond donors (Lipinski definition) is 3. The van der Waals surface area contributed by atoms with Crippen molar-refractivity contribution in [3.8, 4) is 6.07 Å². The lowest BCUT2D eigenvalue weighted by Crippen LogP contribution is -2.14. The highest BCUT2D eigenvalue weighted by Crippen LogP contribution is 2.22. The van der Waals surface area contributed by atoms with Gasteiger partial charge in [0.05, 0.1) is 23.9 Å². The number of hydrogen-bond acceptors (Lipinski definition) is 4. The zero-order valence-electron chi connectivity index (χ0n) is 12.0. The number of aromatic amines is 1. The third-order valence-corrected chi connectivity index (χ3v) is 3.12. The van der Waals surface area contributed by atoms with Gasteiger partial charge in [-0.1, -0.05) is 26.0 Å². The summed E-state index contributed by atoms with van der Waals surface area (Å²) in [4.78, 5) is 12.2. The van der Waals surface area contributed by atoms with E-state index in [1.165, 1.54) is 0 Å². The molecule has 0 bridgehead atoms. The van der Waals surface area contributed by atoms with Crippen molar-refractivity contribution in [1.29, 1.82) is 5.26 Å². The first-order chi connectivity index (χ1) is 10.0. The molecule has 0 unspecified atom stereocenters. The van der Waals surface area contributed by atoms with E-state index in [1.807, 2.05) is 13.8 Å². The van der Waals surface area contributed by atoms with E-state index in [4.69, 9.17) is 11.0 Å². The van der Waals surface area contributed by atoms with E-state index in [2.05, 4.69) is 21.6 Å². The van der Waals surface area contributed by atoms with E-state index < -0.39 is 0 Å². The molecule has 1 aromatic heterocycles. The van der Waals surface area contributed by atoms with E-state index in [1.54, 1.807) is 24.3 Å². The van der Waals surface area contributed by atoms with Crippen LogP contribution in [0.5, 0.6) is 0 Å². The van der Waals surface area contributed by atoms with Gasteiger partial charge < -0.3 is 11.1 Å². The number of anilines is 2. The van der Waals surface area contributed by atoms with Crippen LogP contribution in [-0.2, 0) is 6.42 Å². The van der Waals surface area contributed by atoms with Crippen LogP contribution in [0.1, 0.15) is 41.5 Å². The number of carbonyl (C=O) groups is 1. The summed E-state index contributed by atoms with van der Waals surface area (Å²) in [6.45, 7) is 3.94. The Morgan fingerprint density at radius 2 is 2.10 bits per heavy atom. The van der Waals surface area contributed by atoms with Gasteiger partial charge in [-0.05, 0) is 23.6 Å². The van der Waals surface area contributed by atoms with Gasteiger partial charge in [-0.2, -0.15) is 10.4 Å². The zero-order chi connectivity index (χ0) is 15.4. The maximum absolute atomic E-state index is 12.2. The largest absolute Gasteiger partial charge is 0.395 e. The van der Waals surface area contributed by atoms with Crippen molar-refractivity contribution in [1.82, 2.24) is 10.2 Å². The van der Waals surface area contributed by atoms with Gasteiger partial charge in [0.25, 0.3) is 5.91 Å². The van der Waals surface area contributed by atoms with Gasteiger partial charge in [0.2, 0.25) is 0 Å². The molecule has 0 aliphatic heterocycles. The fourth-order valence-corrected chi connectivity index (χ4v) is 1.96. The monoisotopic (exact) mass is 283 g/mol. The number of nitrogen functional groups attached to an aromatic ring is 1. The Morgan fingerprint density at radius 3 is 2.62 bits per heavy atom. The maximum Gasteiger partial charge on any atom is 0.278 e. The van der Waals surface area contributed by atoms with Crippen LogP contribution in [0.15, 0.2) is 24.3 Å². The number of nitriles is 1. The number of benzene rings is 1. The van der Waals surface area contributed by atoms with E-state index in [9.17, 15) is 4.79 Å². The fourth-order valence-electron chi connectivity index (χ4n) is 1.96. The van der Waals surface area contributed by atoms with Crippen LogP contribution >= 0.6 is 0 Å². The van der Waals surface area contributed by atoms with Crippen molar-refractivity contribution in [2.24, 2.45) is 0 Å². The predicted octanol–water partition coefficient (Wildman–Crippen LogP) is 2.43. The Hall–Kier alpha value is -2.81. The first kappa shape index (κ1) is 14.6. The van der Waals surface area contributed by atoms with Crippen LogP contribution in [0, 0.1) is 11.3 Å². The fraction of sp³-hybridized carbons (Fsp3) is 0.267. The van der Waals surface area contributed by atoms with Crippen LogP contribution in [0.25, 0.3) is 0 Å². The molecule has 1 amide bonds. The second kappa shape index (κ2) is 6.09. The second-order valence-corrected chi connectivity index (χ2v) is 5.04. The van der Waals surface area contributed by atoms with Crippen molar-refractivity contribution >= 4 is 17.3 Å². The molecular formula is C15H17N5O. The molecule has 0 saturated heterocycles. The van der Waals surface area contributed by atoms with Crippen LogP contribution < -0.4 is 11.1 Å². The highest BCUT2D eigenvalue weighted by molar-refractivity contribution is 6.06. The first-order valence-electron chi connectivity index (χ1n) is 6.64. The summed E-state index contributed by atoms with van der Waals surface area (Å²) in [6.07, 6.45) is 0.346. The number of nitrogens with two attached hydrogens (primary N) is 1. The molecule has 0 fully saturated rings. The zero-order valence-corrected chi connectivity index (χ0v) is 12.0. The minimum absolute atomic E-state index is 0.171. The lowest BCUT2D eigenvalue weighted by Gasteiger charge is -2.05. The van der Waals surface area contributed by atoms with Gasteiger partial charge in [0.15, 0.2) is 5.69 Å². The number of nitrogens with zero attached hydrogens (tertiary/aromatic N) is 2. The van der Waals surface area contributed by atoms with Crippen molar-refractivity contribution in [3.63, 3.8) is 0 Å². The Kier molecular flexibility index (Phi) is 4.24. The SMILES string of the molecule is CC(C)c1[nH]nc(C(=O)Nc2ccc(CC#N)cc2)c1N. The lowest BCUT2D eigenvalue weighted by molar-refractivity contribution is 0.102. The van der Waals surface area contributed by atoms with E-state index in [0.717, 1.165) is 11.3 Å². The molecule has 4 N–H and O–H groups in total. The highest BCUT2D eigenvalue weighted by Gasteiger charge is 2.18. The molecule has 2 aromatic rings. The van der Waals surface area contributed by atoms with Gasteiger partial charge in [-0.15, -0.1) is 0 Å². The summed E-state index contributed by atoms with van der Waals surface area (Å²) in [5.41, 5.74) is 8.79. The average molecular weight is 283 g/mol. The molecule has 6 heteroatoms. The summed E-state index contributed by atoms with van der Waals surface area (Å²) in [6, 6.07) is 9.16. The Bertz CT molecular complexity index is 679. The molecule has 1 aromatic carbocycles. The smallest absolute Gasteiger partial charge is 0.278 e. The van der Waals surface area contributed by atoms with E-state index in [0.29, 0.717) is 17.8 Å². The van der Waals surface area contributed by atoms with Gasteiger partial charge in [0.1, 0.15) is 0 Å². The van der Waals surface area contributed by atoms with Crippen LogP contribution in [0.2, 0.25) is 0 Å². The number of amides is 1. The van der Waals surface area contributed by atoms with Gasteiger partial charge in [-0.3, -0.25) is 9.89 Å². The molecule has 21 heavy (non-hydrogen) atoms. The van der Waals surface area contributed by atoms with E-state index in [-0.39, 0.29) is 17.5 Å². The quantitative estimate of drug-likeness (QED) is 0.800. The Morgan fingerprint density at radius 1 is 1.43 bits per heavy atom. The summed E-state index contributed by atoms with van der Waals surface area (Å²) in [7, 11) is 0. The van der Waals surface area contributed by atoms with Crippen molar-refractivity contribution in [2.45, 2.75) is 26.2 Å². The normalized spacial score (nSPS) is 10.4. The molecule has 0 atom stereocenters. The van der Waals surface area contributed by atoms with Gasteiger partial charge in [-0.25, -0.2) is 0 Å². The summed E-state index contributed by atoms with van der Waals surface area (Å²) in [5.74, 6) is -0.187. The molecule has 108 valence electrons.